The molecule has 1 aliphatic rings. The molecule has 0 radical (unpaired) electrons. The zero-order chi connectivity index (χ0) is 17.9. The van der Waals surface area contributed by atoms with Crippen LogP contribution in [0.3, 0.4) is 0 Å². The van der Waals surface area contributed by atoms with E-state index in [4.69, 9.17) is 0 Å². The van der Waals surface area contributed by atoms with Crippen molar-refractivity contribution in [2.24, 2.45) is 0 Å². The lowest BCUT2D eigenvalue weighted by atomic mass is 9.80. The van der Waals surface area contributed by atoms with Gasteiger partial charge in [-0.1, -0.05) is 48.5 Å². The van der Waals surface area contributed by atoms with Crippen LogP contribution in [-0.2, 0) is 16.1 Å². The van der Waals surface area contributed by atoms with Gasteiger partial charge in [0.25, 0.3) is 0 Å². The van der Waals surface area contributed by atoms with Crippen LogP contribution < -0.4 is 5.32 Å². The molecule has 130 valence electrons. The molecule has 4 nitrogen and oxygen atoms in total. The van der Waals surface area contributed by atoms with Crippen molar-refractivity contribution in [1.29, 1.82) is 0 Å². The second-order valence-corrected chi connectivity index (χ2v) is 6.68. The van der Waals surface area contributed by atoms with Crippen molar-refractivity contribution in [2.75, 3.05) is 0 Å². The highest BCUT2D eigenvalue weighted by Gasteiger charge is 2.31. The summed E-state index contributed by atoms with van der Waals surface area (Å²) in [5, 5.41) is 4.26. The number of carbonyl (C=O) groups excluding carboxylic acids is 2. The maximum absolute atomic E-state index is 12.4. The van der Waals surface area contributed by atoms with Crippen LogP contribution in [0.25, 0.3) is 10.9 Å². The quantitative estimate of drug-likeness (QED) is 0.558. The smallest absolute Gasteiger partial charge is 0.168 e. The van der Waals surface area contributed by atoms with E-state index in [1.807, 2.05) is 54.6 Å². The largest absolute Gasteiger partial charge is 0.385 e. The molecule has 3 aromatic rings. The van der Waals surface area contributed by atoms with Crippen molar-refractivity contribution < 1.29 is 9.59 Å². The Kier molecular flexibility index (Phi) is 4.40. The molecule has 0 aliphatic heterocycles. The highest BCUT2D eigenvalue weighted by atomic mass is 16.1. The van der Waals surface area contributed by atoms with E-state index < -0.39 is 0 Å². The van der Waals surface area contributed by atoms with Gasteiger partial charge in [0.1, 0.15) is 0 Å². The van der Waals surface area contributed by atoms with Gasteiger partial charge in [-0.05, 0) is 29.0 Å². The summed E-state index contributed by atoms with van der Waals surface area (Å²) in [6, 6.07) is 19.9. The van der Waals surface area contributed by atoms with Gasteiger partial charge in [0.05, 0.1) is 12.1 Å². The molecule has 0 amide bonds. The Morgan fingerprint density at radius 1 is 0.962 bits per heavy atom. The van der Waals surface area contributed by atoms with Gasteiger partial charge < -0.3 is 10.3 Å². The molecule has 26 heavy (non-hydrogen) atoms. The van der Waals surface area contributed by atoms with Gasteiger partial charge in [0.2, 0.25) is 0 Å². The number of hydrogen-bond donors (Lipinski definition) is 2. The summed E-state index contributed by atoms with van der Waals surface area (Å²) in [7, 11) is 0. The number of carbonyl (C=O) groups is 2. The van der Waals surface area contributed by atoms with Crippen LogP contribution in [0, 0.1) is 0 Å². The third kappa shape index (κ3) is 3.31. The first kappa shape index (κ1) is 16.3. The minimum Gasteiger partial charge on any atom is -0.385 e. The molecule has 2 aromatic carbocycles. The minimum absolute atomic E-state index is 0.0120. The molecular formula is C22H20N2O2. The van der Waals surface area contributed by atoms with Gasteiger partial charge in [-0.15, -0.1) is 0 Å². The van der Waals surface area contributed by atoms with E-state index in [0.29, 0.717) is 19.4 Å². The first-order chi connectivity index (χ1) is 12.7. The predicted molar refractivity (Wildman–Crippen MR) is 102 cm³/mol. The summed E-state index contributed by atoms with van der Waals surface area (Å²) in [6.45, 7) is 0.543. The summed E-state index contributed by atoms with van der Waals surface area (Å²) in [6.07, 6.45) is 2.35. The van der Waals surface area contributed by atoms with Crippen LogP contribution >= 0.6 is 0 Å². The zero-order valence-electron chi connectivity index (χ0n) is 14.4. The van der Waals surface area contributed by atoms with Crippen LogP contribution in [0.1, 0.15) is 30.0 Å². The fourth-order valence-corrected chi connectivity index (χ4v) is 3.51. The Labute approximate surface area is 151 Å². The van der Waals surface area contributed by atoms with Gasteiger partial charge in [0, 0.05) is 30.3 Å². The SMILES string of the molecule is O=C1CC(c2ccccc2)CC(=O)C1=CNCc1cc2ccccc2[nH]1. The molecule has 1 aromatic heterocycles. The molecule has 0 atom stereocenters. The fourth-order valence-electron chi connectivity index (χ4n) is 3.51. The Morgan fingerprint density at radius 2 is 1.65 bits per heavy atom. The third-order valence-corrected chi connectivity index (χ3v) is 4.86. The van der Waals surface area contributed by atoms with Crippen LogP contribution in [0.2, 0.25) is 0 Å². The molecular weight excluding hydrogens is 324 g/mol. The number of H-pyrrole nitrogens is 1. The van der Waals surface area contributed by atoms with E-state index in [9.17, 15) is 9.59 Å². The Balaban J connectivity index is 1.42. The van der Waals surface area contributed by atoms with E-state index in [1.165, 1.54) is 0 Å². The fraction of sp³-hybridized carbons (Fsp3) is 0.182. The monoisotopic (exact) mass is 344 g/mol. The molecule has 0 bridgehead atoms. The lowest BCUT2D eigenvalue weighted by Gasteiger charge is -2.22. The van der Waals surface area contributed by atoms with E-state index >= 15 is 0 Å². The summed E-state index contributed by atoms with van der Waals surface area (Å²) in [5.41, 5.74) is 3.43. The van der Waals surface area contributed by atoms with Gasteiger partial charge in [0.15, 0.2) is 11.6 Å². The number of Topliss-reactive ketones (excluding diaryl/α,β-unsaturated/α-hetero) is 2. The molecule has 0 spiro atoms. The Hall–Kier alpha value is -3.14. The zero-order valence-corrected chi connectivity index (χ0v) is 14.4. The standard InChI is InChI=1S/C22H20N2O2/c25-21-11-17(15-6-2-1-3-7-15)12-22(26)19(21)14-23-13-18-10-16-8-4-5-9-20(16)24-18/h1-10,14,17,23-24H,11-13H2. The highest BCUT2D eigenvalue weighted by molar-refractivity contribution is 6.22. The average molecular weight is 344 g/mol. The van der Waals surface area contributed by atoms with Crippen LogP contribution in [0.4, 0.5) is 0 Å². The Bertz CT molecular complexity index is 933. The number of para-hydroxylation sites is 1. The van der Waals surface area contributed by atoms with Crippen molar-refractivity contribution >= 4 is 22.5 Å². The molecule has 1 fully saturated rings. The third-order valence-electron chi connectivity index (χ3n) is 4.86. The molecule has 0 saturated heterocycles. The first-order valence-electron chi connectivity index (χ1n) is 8.82. The van der Waals surface area contributed by atoms with E-state index in [0.717, 1.165) is 22.2 Å². The van der Waals surface area contributed by atoms with Crippen molar-refractivity contribution in [3.63, 3.8) is 0 Å². The molecule has 1 saturated carbocycles. The molecule has 1 heterocycles. The number of rotatable bonds is 4. The normalized spacial score (nSPS) is 17.5. The number of hydrogen-bond acceptors (Lipinski definition) is 3. The van der Waals surface area contributed by atoms with Gasteiger partial charge >= 0.3 is 0 Å². The number of aromatic amines is 1. The first-order valence-corrected chi connectivity index (χ1v) is 8.82. The van der Waals surface area contributed by atoms with Crippen molar-refractivity contribution in [3.05, 3.63) is 83.7 Å². The van der Waals surface area contributed by atoms with Crippen LogP contribution in [-0.4, -0.2) is 16.6 Å². The maximum atomic E-state index is 12.4. The Morgan fingerprint density at radius 3 is 2.38 bits per heavy atom. The lowest BCUT2D eigenvalue weighted by molar-refractivity contribution is -0.124. The van der Waals surface area contributed by atoms with E-state index in [2.05, 4.69) is 16.4 Å². The number of allylic oxidation sites excluding steroid dienone is 1. The summed E-state index contributed by atoms with van der Waals surface area (Å²) in [4.78, 5) is 28.2. The second kappa shape index (κ2) is 7.00. The molecule has 4 heteroatoms. The van der Waals surface area contributed by atoms with Crippen molar-refractivity contribution in [1.82, 2.24) is 10.3 Å². The number of nitrogens with one attached hydrogen (secondary N) is 2. The topological polar surface area (TPSA) is 62.0 Å². The van der Waals surface area contributed by atoms with Gasteiger partial charge in [-0.2, -0.15) is 0 Å². The number of aromatic nitrogens is 1. The maximum Gasteiger partial charge on any atom is 0.168 e. The highest BCUT2D eigenvalue weighted by Crippen LogP contribution is 2.31. The van der Waals surface area contributed by atoms with E-state index in [1.54, 1.807) is 6.20 Å². The van der Waals surface area contributed by atoms with Gasteiger partial charge in [-0.25, -0.2) is 0 Å². The number of fused-ring (bicyclic) bond motifs is 1. The molecule has 0 unspecified atom stereocenters. The molecule has 2 N–H and O–H groups in total. The molecule has 4 rings (SSSR count). The summed E-state index contributed by atoms with van der Waals surface area (Å²) >= 11 is 0. The summed E-state index contributed by atoms with van der Waals surface area (Å²) in [5.74, 6) is -0.180. The number of ketones is 2. The minimum atomic E-state index is -0.0840. The predicted octanol–water partition coefficient (Wildman–Crippen LogP) is 3.86. The van der Waals surface area contributed by atoms with Crippen LogP contribution in [0.5, 0.6) is 0 Å². The number of benzene rings is 2. The van der Waals surface area contributed by atoms with E-state index in [-0.39, 0.29) is 23.1 Å². The summed E-state index contributed by atoms with van der Waals surface area (Å²) < 4.78 is 0. The van der Waals surface area contributed by atoms with Gasteiger partial charge in [-0.3, -0.25) is 9.59 Å². The molecule has 1 aliphatic carbocycles. The van der Waals surface area contributed by atoms with Crippen molar-refractivity contribution in [2.45, 2.75) is 25.3 Å². The second-order valence-electron chi connectivity index (χ2n) is 6.68. The van der Waals surface area contributed by atoms with Crippen LogP contribution in [0.15, 0.2) is 72.4 Å². The lowest BCUT2D eigenvalue weighted by Crippen LogP contribution is -2.26. The van der Waals surface area contributed by atoms with Crippen molar-refractivity contribution in [3.8, 4) is 0 Å². The average Bonchev–Trinajstić information content (AvgIpc) is 3.07.